The van der Waals surface area contributed by atoms with E-state index in [2.05, 4.69) is 10.3 Å². The zero-order valence-electron chi connectivity index (χ0n) is 14.4. The van der Waals surface area contributed by atoms with Crippen LogP contribution in [-0.4, -0.2) is 36.4 Å². The van der Waals surface area contributed by atoms with Gasteiger partial charge in [-0.1, -0.05) is 36.4 Å². The summed E-state index contributed by atoms with van der Waals surface area (Å²) in [6.45, 7) is 2.23. The maximum atomic E-state index is 12.2. The molecule has 0 aliphatic heterocycles. The van der Waals surface area contributed by atoms with Gasteiger partial charge in [0.1, 0.15) is 0 Å². The van der Waals surface area contributed by atoms with Crippen molar-refractivity contribution in [2.45, 2.75) is 25.9 Å². The van der Waals surface area contributed by atoms with Crippen molar-refractivity contribution in [1.29, 1.82) is 0 Å². The van der Waals surface area contributed by atoms with E-state index in [1.54, 1.807) is 18.5 Å². The number of benzene rings is 1. The van der Waals surface area contributed by atoms with Gasteiger partial charge in [-0.15, -0.1) is 0 Å². The molecule has 0 aliphatic carbocycles. The highest BCUT2D eigenvalue weighted by Crippen LogP contribution is 2.12. The molecule has 0 bridgehead atoms. The number of pyridine rings is 1. The molecule has 0 saturated carbocycles. The molecule has 2 aromatic rings. The molecule has 0 radical (unpaired) electrons. The summed E-state index contributed by atoms with van der Waals surface area (Å²) in [6, 6.07) is 13.1. The van der Waals surface area contributed by atoms with Gasteiger partial charge in [0.15, 0.2) is 0 Å². The fraction of sp³-hybridized carbons (Fsp3) is 0.333. The van der Waals surface area contributed by atoms with E-state index in [0.717, 1.165) is 17.4 Å². The maximum Gasteiger partial charge on any atom is 0.221 e. The average molecular weight is 361 g/mol. The molecule has 0 aliphatic rings. The van der Waals surface area contributed by atoms with E-state index < -0.39 is 10.0 Å². The monoisotopic (exact) mass is 361 g/mol. The molecule has 2 rings (SSSR count). The Labute approximate surface area is 148 Å². The maximum absolute atomic E-state index is 12.2. The van der Waals surface area contributed by atoms with E-state index in [-0.39, 0.29) is 31.5 Å². The van der Waals surface area contributed by atoms with Crippen LogP contribution in [0.4, 0.5) is 0 Å². The van der Waals surface area contributed by atoms with Crippen LogP contribution >= 0.6 is 0 Å². The number of amides is 1. The molecule has 6 nitrogen and oxygen atoms in total. The summed E-state index contributed by atoms with van der Waals surface area (Å²) in [5.74, 6) is -0.184. The van der Waals surface area contributed by atoms with Gasteiger partial charge < -0.3 is 5.32 Å². The minimum atomic E-state index is -3.41. The Balaban J connectivity index is 1.92. The van der Waals surface area contributed by atoms with Crippen LogP contribution in [-0.2, 0) is 21.4 Å². The average Bonchev–Trinajstić information content (AvgIpc) is 2.59. The molecule has 1 N–H and O–H groups in total. The van der Waals surface area contributed by atoms with Gasteiger partial charge in [-0.25, -0.2) is 8.42 Å². The third-order valence-corrected chi connectivity index (χ3v) is 5.07. The zero-order valence-corrected chi connectivity index (χ0v) is 15.2. The molecule has 1 aromatic carbocycles. The predicted octanol–water partition coefficient (Wildman–Crippen LogP) is 2.11. The highest BCUT2D eigenvalue weighted by atomic mass is 32.2. The highest BCUT2D eigenvalue weighted by molar-refractivity contribution is 7.88. The largest absolute Gasteiger partial charge is 0.350 e. The lowest BCUT2D eigenvalue weighted by Gasteiger charge is -2.20. The fourth-order valence-corrected chi connectivity index (χ4v) is 3.23. The van der Waals surface area contributed by atoms with Crippen LogP contribution in [0.2, 0.25) is 0 Å². The molecule has 25 heavy (non-hydrogen) atoms. The van der Waals surface area contributed by atoms with Gasteiger partial charge in [-0.3, -0.25) is 9.78 Å². The lowest BCUT2D eigenvalue weighted by Crippen LogP contribution is -2.35. The predicted molar refractivity (Wildman–Crippen MR) is 97.1 cm³/mol. The van der Waals surface area contributed by atoms with E-state index in [4.69, 9.17) is 0 Å². The van der Waals surface area contributed by atoms with Crippen LogP contribution in [0.1, 0.15) is 30.5 Å². The third kappa shape index (κ3) is 6.28. The molecule has 1 atom stereocenters. The number of rotatable bonds is 8. The molecule has 134 valence electrons. The van der Waals surface area contributed by atoms with Crippen molar-refractivity contribution in [3.8, 4) is 0 Å². The Hall–Kier alpha value is -2.25. The summed E-state index contributed by atoms with van der Waals surface area (Å²) < 4.78 is 25.2. The first-order valence-corrected chi connectivity index (χ1v) is 9.89. The van der Waals surface area contributed by atoms with Gasteiger partial charge in [-0.05, 0) is 24.1 Å². The molecule has 7 heteroatoms. The Bertz CT molecular complexity index is 780. The lowest BCUT2D eigenvalue weighted by atomic mass is 10.1. The normalized spacial score (nSPS) is 12.8. The quantitative estimate of drug-likeness (QED) is 0.781. The lowest BCUT2D eigenvalue weighted by molar-refractivity contribution is -0.121. The summed E-state index contributed by atoms with van der Waals surface area (Å²) in [7, 11) is -3.41. The smallest absolute Gasteiger partial charge is 0.221 e. The zero-order chi connectivity index (χ0) is 18.3. The van der Waals surface area contributed by atoms with E-state index >= 15 is 0 Å². The number of nitrogens with one attached hydrogen (secondary N) is 1. The number of hydrogen-bond acceptors (Lipinski definition) is 4. The molecule has 0 saturated heterocycles. The van der Waals surface area contributed by atoms with Crippen LogP contribution in [0.25, 0.3) is 0 Å². The van der Waals surface area contributed by atoms with Crippen molar-refractivity contribution >= 4 is 15.9 Å². The second-order valence-electron chi connectivity index (χ2n) is 5.91. The van der Waals surface area contributed by atoms with Gasteiger partial charge in [0.25, 0.3) is 0 Å². The molecule has 1 unspecified atom stereocenters. The Kier molecular flexibility index (Phi) is 6.66. The second kappa shape index (κ2) is 8.73. The van der Waals surface area contributed by atoms with Gasteiger partial charge in [-0.2, -0.15) is 4.31 Å². The Morgan fingerprint density at radius 1 is 1.20 bits per heavy atom. The van der Waals surface area contributed by atoms with Crippen molar-refractivity contribution in [2.75, 3.05) is 12.8 Å². The van der Waals surface area contributed by atoms with Crippen LogP contribution < -0.4 is 5.32 Å². The molecular weight excluding hydrogens is 338 g/mol. The topological polar surface area (TPSA) is 79.4 Å². The van der Waals surface area contributed by atoms with E-state index in [1.165, 1.54) is 4.31 Å². The molecular formula is C18H23N3O3S. The second-order valence-corrected chi connectivity index (χ2v) is 7.89. The first-order valence-electron chi connectivity index (χ1n) is 8.04. The summed E-state index contributed by atoms with van der Waals surface area (Å²) in [5.41, 5.74) is 1.79. The number of aromatic nitrogens is 1. The SMILES string of the molecule is CC(NC(=O)CCN(Cc1cccnc1)S(C)(=O)=O)c1ccccc1. The molecule has 1 amide bonds. The molecule has 0 fully saturated rings. The van der Waals surface area contributed by atoms with Gasteiger partial charge in [0.2, 0.25) is 15.9 Å². The van der Waals surface area contributed by atoms with Crippen LogP contribution in [0.5, 0.6) is 0 Å². The molecule has 1 aromatic heterocycles. The van der Waals surface area contributed by atoms with Crippen molar-refractivity contribution < 1.29 is 13.2 Å². The fourth-order valence-electron chi connectivity index (χ4n) is 2.42. The third-order valence-electron chi connectivity index (χ3n) is 3.82. The van der Waals surface area contributed by atoms with Crippen LogP contribution in [0, 0.1) is 0 Å². The minimum Gasteiger partial charge on any atom is -0.350 e. The Morgan fingerprint density at radius 3 is 2.52 bits per heavy atom. The summed E-state index contributed by atoms with van der Waals surface area (Å²) >= 11 is 0. The van der Waals surface area contributed by atoms with Crippen molar-refractivity contribution in [3.05, 3.63) is 66.0 Å². The highest BCUT2D eigenvalue weighted by Gasteiger charge is 2.19. The van der Waals surface area contributed by atoms with E-state index in [0.29, 0.717) is 0 Å². The standard InChI is InChI=1S/C18H23N3O3S/c1-15(17-8-4-3-5-9-17)20-18(22)10-12-21(25(2,23)24)14-16-7-6-11-19-13-16/h3-9,11,13,15H,10,12,14H2,1-2H3,(H,20,22). The van der Waals surface area contributed by atoms with Crippen LogP contribution in [0.15, 0.2) is 54.9 Å². The Morgan fingerprint density at radius 2 is 1.92 bits per heavy atom. The summed E-state index contributed by atoms with van der Waals surface area (Å²) in [4.78, 5) is 16.2. The van der Waals surface area contributed by atoms with E-state index in [9.17, 15) is 13.2 Å². The number of nitrogens with zero attached hydrogens (tertiary/aromatic N) is 2. The van der Waals surface area contributed by atoms with Crippen molar-refractivity contribution in [2.24, 2.45) is 0 Å². The van der Waals surface area contributed by atoms with Crippen molar-refractivity contribution in [1.82, 2.24) is 14.6 Å². The summed E-state index contributed by atoms with van der Waals surface area (Å²) in [6.07, 6.45) is 4.50. The van der Waals surface area contributed by atoms with E-state index in [1.807, 2.05) is 43.3 Å². The van der Waals surface area contributed by atoms with Gasteiger partial charge in [0.05, 0.1) is 12.3 Å². The van der Waals surface area contributed by atoms with Gasteiger partial charge >= 0.3 is 0 Å². The first kappa shape index (κ1) is 19.1. The summed E-state index contributed by atoms with van der Waals surface area (Å²) in [5, 5.41) is 2.89. The molecule has 0 spiro atoms. The molecule has 1 heterocycles. The number of hydrogen-bond donors (Lipinski definition) is 1. The number of sulfonamides is 1. The minimum absolute atomic E-state index is 0.102. The van der Waals surface area contributed by atoms with Gasteiger partial charge in [0, 0.05) is 31.9 Å². The number of carbonyl (C=O) groups excluding carboxylic acids is 1. The van der Waals surface area contributed by atoms with Crippen molar-refractivity contribution in [3.63, 3.8) is 0 Å². The first-order chi connectivity index (χ1) is 11.9. The number of carbonyl (C=O) groups is 1. The van der Waals surface area contributed by atoms with Crippen LogP contribution in [0.3, 0.4) is 0 Å².